The average molecular weight is 441 g/mol. The average Bonchev–Trinajstić information content (AvgIpc) is 3.06. The summed E-state index contributed by atoms with van der Waals surface area (Å²) in [6.45, 7) is 1.73. The molecule has 0 aliphatic rings. The molecule has 2 heterocycles. The zero-order chi connectivity index (χ0) is 19.8. The van der Waals surface area contributed by atoms with E-state index in [2.05, 4.69) is 36.2 Å². The highest BCUT2D eigenvalue weighted by atomic mass is 79.9. The maximum Gasteiger partial charge on any atom is 0.272 e. The van der Waals surface area contributed by atoms with Gasteiger partial charge in [0.05, 0.1) is 5.52 Å². The number of fused-ring (bicyclic) bond motifs is 1. The number of nitrogens with zero attached hydrogens (tertiary/aromatic N) is 1. The second-order valence-electron chi connectivity index (χ2n) is 6.30. The zero-order valence-electron chi connectivity index (χ0n) is 14.6. The lowest BCUT2D eigenvalue weighted by Gasteiger charge is -2.07. The fourth-order valence-electron chi connectivity index (χ4n) is 2.94. The van der Waals surface area contributed by atoms with E-state index in [9.17, 15) is 14.0 Å². The van der Waals surface area contributed by atoms with Crippen molar-refractivity contribution in [2.75, 3.05) is 5.32 Å². The van der Waals surface area contributed by atoms with Crippen molar-refractivity contribution in [3.8, 4) is 11.4 Å². The summed E-state index contributed by atoms with van der Waals surface area (Å²) in [5.41, 5.74) is 2.28. The van der Waals surface area contributed by atoms with Crippen molar-refractivity contribution in [2.24, 2.45) is 0 Å². The number of nitrogens with one attached hydrogen (secondary N) is 3. The van der Waals surface area contributed by atoms with Gasteiger partial charge >= 0.3 is 0 Å². The van der Waals surface area contributed by atoms with Crippen LogP contribution in [0.1, 0.15) is 16.2 Å². The van der Waals surface area contributed by atoms with Crippen LogP contribution in [0.25, 0.3) is 22.3 Å². The van der Waals surface area contributed by atoms with Gasteiger partial charge in [-0.15, -0.1) is 0 Å². The van der Waals surface area contributed by atoms with E-state index in [-0.39, 0.29) is 11.3 Å². The van der Waals surface area contributed by atoms with Gasteiger partial charge in [-0.25, -0.2) is 9.37 Å². The molecule has 0 bridgehead atoms. The molecule has 0 spiro atoms. The Morgan fingerprint density at radius 1 is 1.14 bits per heavy atom. The van der Waals surface area contributed by atoms with Gasteiger partial charge in [0.2, 0.25) is 0 Å². The number of benzene rings is 2. The number of aryl methyl sites for hydroxylation is 1. The molecule has 2 aromatic carbocycles. The molecule has 28 heavy (non-hydrogen) atoms. The fourth-order valence-corrected chi connectivity index (χ4v) is 3.37. The van der Waals surface area contributed by atoms with Gasteiger partial charge in [-0.05, 0) is 37.3 Å². The number of anilines is 1. The van der Waals surface area contributed by atoms with E-state index in [1.807, 2.05) is 0 Å². The van der Waals surface area contributed by atoms with Crippen molar-refractivity contribution in [3.63, 3.8) is 0 Å². The number of hydrogen-bond donors (Lipinski definition) is 3. The maximum absolute atomic E-state index is 14.0. The highest BCUT2D eigenvalue weighted by Crippen LogP contribution is 2.25. The molecule has 0 aliphatic heterocycles. The number of amides is 1. The quantitative estimate of drug-likeness (QED) is 0.441. The lowest BCUT2D eigenvalue weighted by Crippen LogP contribution is -2.12. The summed E-state index contributed by atoms with van der Waals surface area (Å²) in [7, 11) is 0. The SMILES string of the molecule is Cc1cc(=O)[nH]c(-c2cccc(NC(=O)c3cc4c(F)cc(Br)cc4[nH]3)c2)n1. The summed E-state index contributed by atoms with van der Waals surface area (Å²) < 4.78 is 14.6. The van der Waals surface area contributed by atoms with Crippen LogP contribution in [-0.4, -0.2) is 20.9 Å². The Bertz CT molecular complexity index is 1280. The van der Waals surface area contributed by atoms with Crippen molar-refractivity contribution < 1.29 is 9.18 Å². The third-order valence-corrected chi connectivity index (χ3v) is 4.62. The molecular weight excluding hydrogens is 427 g/mol. The Kier molecular flexibility index (Phi) is 4.56. The molecule has 2 aromatic heterocycles. The number of hydrogen-bond acceptors (Lipinski definition) is 3. The van der Waals surface area contributed by atoms with Crippen LogP contribution in [0.15, 0.2) is 57.8 Å². The third-order valence-electron chi connectivity index (χ3n) is 4.16. The molecule has 0 saturated carbocycles. The van der Waals surface area contributed by atoms with Gasteiger partial charge in [-0.3, -0.25) is 9.59 Å². The molecule has 4 rings (SSSR count). The molecule has 0 aliphatic carbocycles. The Morgan fingerprint density at radius 3 is 2.75 bits per heavy atom. The highest BCUT2D eigenvalue weighted by molar-refractivity contribution is 9.10. The minimum atomic E-state index is -0.420. The molecule has 1 amide bonds. The minimum Gasteiger partial charge on any atom is -0.350 e. The fraction of sp³-hybridized carbons (Fsp3) is 0.0500. The molecule has 0 radical (unpaired) electrons. The van der Waals surface area contributed by atoms with Crippen LogP contribution >= 0.6 is 15.9 Å². The van der Waals surface area contributed by atoms with Crippen molar-refractivity contribution in [2.45, 2.75) is 6.92 Å². The lowest BCUT2D eigenvalue weighted by molar-refractivity contribution is 0.102. The Balaban J connectivity index is 1.63. The van der Waals surface area contributed by atoms with Crippen LogP contribution in [0.2, 0.25) is 0 Å². The third kappa shape index (κ3) is 3.59. The maximum atomic E-state index is 14.0. The lowest BCUT2D eigenvalue weighted by atomic mass is 10.2. The van der Waals surface area contributed by atoms with E-state index < -0.39 is 11.7 Å². The predicted molar refractivity (Wildman–Crippen MR) is 109 cm³/mol. The van der Waals surface area contributed by atoms with Gasteiger partial charge in [-0.1, -0.05) is 28.1 Å². The van der Waals surface area contributed by atoms with Gasteiger partial charge in [0.15, 0.2) is 0 Å². The Labute approximate surface area is 167 Å². The number of H-pyrrole nitrogens is 2. The Hall–Kier alpha value is -3.26. The molecule has 0 unspecified atom stereocenters. The van der Waals surface area contributed by atoms with E-state index in [1.165, 1.54) is 18.2 Å². The predicted octanol–water partition coefficient (Wildman–Crippen LogP) is 4.38. The summed E-state index contributed by atoms with van der Waals surface area (Å²) in [5, 5.41) is 3.11. The largest absolute Gasteiger partial charge is 0.350 e. The van der Waals surface area contributed by atoms with Crippen LogP contribution < -0.4 is 10.9 Å². The number of aromatic nitrogens is 3. The molecule has 3 N–H and O–H groups in total. The summed E-state index contributed by atoms with van der Waals surface area (Å²) in [6, 6.07) is 12.9. The standard InChI is InChI=1S/C20H14BrFN4O2/c1-10-5-18(27)26-19(23-10)11-3-2-4-13(6-11)24-20(28)17-9-14-15(22)7-12(21)8-16(14)25-17/h2-9,25H,1H3,(H,24,28)(H,23,26,27). The minimum absolute atomic E-state index is 0.236. The van der Waals surface area contributed by atoms with Crippen LogP contribution in [0.3, 0.4) is 0 Å². The van der Waals surface area contributed by atoms with Crippen molar-refractivity contribution in [1.29, 1.82) is 0 Å². The molecule has 0 saturated heterocycles. The van der Waals surface area contributed by atoms with Crippen molar-refractivity contribution in [1.82, 2.24) is 15.0 Å². The van der Waals surface area contributed by atoms with E-state index in [1.54, 1.807) is 37.3 Å². The van der Waals surface area contributed by atoms with Gasteiger partial charge in [-0.2, -0.15) is 0 Å². The second kappa shape index (κ2) is 7.05. The van der Waals surface area contributed by atoms with Gasteiger partial charge in [0, 0.05) is 32.9 Å². The van der Waals surface area contributed by atoms with Crippen LogP contribution in [0, 0.1) is 12.7 Å². The van der Waals surface area contributed by atoms with E-state index >= 15 is 0 Å². The first kappa shape index (κ1) is 18.1. The molecule has 0 atom stereocenters. The normalized spacial score (nSPS) is 11.0. The van der Waals surface area contributed by atoms with Crippen molar-refractivity contribution >= 4 is 38.4 Å². The first-order valence-corrected chi connectivity index (χ1v) is 9.16. The van der Waals surface area contributed by atoms with Gasteiger partial charge in [0.1, 0.15) is 17.3 Å². The molecule has 6 nitrogen and oxygen atoms in total. The number of halogens is 2. The summed E-state index contributed by atoms with van der Waals surface area (Å²) in [4.78, 5) is 34.2. The first-order valence-electron chi connectivity index (χ1n) is 8.36. The van der Waals surface area contributed by atoms with Gasteiger partial charge < -0.3 is 15.3 Å². The number of rotatable bonds is 3. The monoisotopic (exact) mass is 440 g/mol. The van der Waals surface area contributed by atoms with Gasteiger partial charge in [0.25, 0.3) is 11.5 Å². The first-order chi connectivity index (χ1) is 13.4. The van der Waals surface area contributed by atoms with Crippen LogP contribution in [0.4, 0.5) is 10.1 Å². The summed E-state index contributed by atoms with van der Waals surface area (Å²) in [5.74, 6) is -0.413. The van der Waals surface area contributed by atoms with E-state index in [0.717, 1.165) is 0 Å². The van der Waals surface area contributed by atoms with Crippen molar-refractivity contribution in [3.05, 3.63) is 80.6 Å². The Morgan fingerprint density at radius 2 is 1.96 bits per heavy atom. The summed E-state index contributed by atoms with van der Waals surface area (Å²) >= 11 is 3.23. The summed E-state index contributed by atoms with van der Waals surface area (Å²) in [6.07, 6.45) is 0. The topological polar surface area (TPSA) is 90.6 Å². The number of carbonyl (C=O) groups excluding carboxylic acids is 1. The highest BCUT2D eigenvalue weighted by Gasteiger charge is 2.13. The zero-order valence-corrected chi connectivity index (χ0v) is 16.2. The van der Waals surface area contributed by atoms with Crippen LogP contribution in [0.5, 0.6) is 0 Å². The molecular formula is C20H14BrFN4O2. The molecule has 4 aromatic rings. The van der Waals surface area contributed by atoms with Crippen LogP contribution in [-0.2, 0) is 0 Å². The number of carbonyl (C=O) groups is 1. The molecule has 0 fully saturated rings. The second-order valence-corrected chi connectivity index (χ2v) is 7.22. The van der Waals surface area contributed by atoms with E-state index in [4.69, 9.17) is 0 Å². The number of aromatic amines is 2. The smallest absolute Gasteiger partial charge is 0.272 e. The van der Waals surface area contributed by atoms with E-state index in [0.29, 0.717) is 38.1 Å². The molecule has 8 heteroatoms. The molecule has 140 valence electrons.